The number of aromatic nitrogens is 4. The minimum Gasteiger partial charge on any atom is -0.496 e. The van der Waals surface area contributed by atoms with E-state index in [-0.39, 0.29) is 12.3 Å². The molecule has 0 bridgehead atoms. The van der Waals surface area contributed by atoms with Gasteiger partial charge in [0.15, 0.2) is 11.5 Å². The van der Waals surface area contributed by atoms with Crippen molar-refractivity contribution < 1.29 is 13.2 Å². The second-order valence-corrected chi connectivity index (χ2v) is 7.91. The van der Waals surface area contributed by atoms with Gasteiger partial charge in [0.2, 0.25) is 10.0 Å². The number of anilines is 1. The molecule has 2 aromatic heterocycles. The first-order valence-corrected chi connectivity index (χ1v) is 10.2. The van der Waals surface area contributed by atoms with Crippen LogP contribution in [0.25, 0.3) is 5.65 Å². The average molecular weight is 390 g/mol. The fourth-order valence-corrected chi connectivity index (χ4v) is 3.16. The van der Waals surface area contributed by atoms with Gasteiger partial charge in [-0.1, -0.05) is 18.2 Å². The van der Waals surface area contributed by atoms with Crippen LogP contribution in [0.1, 0.15) is 18.3 Å². The average Bonchev–Trinajstić information content (AvgIpc) is 3.09. The lowest BCUT2D eigenvalue weighted by atomic mass is 10.2. The van der Waals surface area contributed by atoms with E-state index in [0.717, 1.165) is 11.3 Å². The first kappa shape index (κ1) is 19.1. The molecule has 144 valence electrons. The predicted octanol–water partition coefficient (Wildman–Crippen LogP) is 1.23. The molecule has 0 aliphatic heterocycles. The van der Waals surface area contributed by atoms with Crippen LogP contribution in [-0.4, -0.2) is 47.6 Å². The van der Waals surface area contributed by atoms with Crippen LogP contribution in [0.15, 0.2) is 36.4 Å². The molecule has 0 unspecified atom stereocenters. The van der Waals surface area contributed by atoms with E-state index in [1.54, 1.807) is 18.5 Å². The van der Waals surface area contributed by atoms with Gasteiger partial charge in [0.25, 0.3) is 0 Å². The molecular weight excluding hydrogens is 368 g/mol. The van der Waals surface area contributed by atoms with Crippen LogP contribution in [0, 0.1) is 0 Å². The fraction of sp³-hybridized carbons (Fsp3) is 0.353. The van der Waals surface area contributed by atoms with Crippen molar-refractivity contribution in [3.8, 4) is 5.75 Å². The van der Waals surface area contributed by atoms with E-state index in [2.05, 4.69) is 25.3 Å². The summed E-state index contributed by atoms with van der Waals surface area (Å²) >= 11 is 0. The zero-order valence-electron chi connectivity index (χ0n) is 15.2. The first-order valence-electron chi connectivity index (χ1n) is 8.57. The van der Waals surface area contributed by atoms with Gasteiger partial charge >= 0.3 is 0 Å². The molecule has 1 aromatic carbocycles. The Balaban J connectivity index is 1.71. The van der Waals surface area contributed by atoms with Crippen LogP contribution >= 0.6 is 0 Å². The maximum absolute atomic E-state index is 11.5. The van der Waals surface area contributed by atoms with Crippen molar-refractivity contribution in [2.45, 2.75) is 19.9 Å². The minimum absolute atomic E-state index is 0.0445. The molecule has 3 rings (SSSR count). The summed E-state index contributed by atoms with van der Waals surface area (Å²) in [6.45, 7) is 2.39. The van der Waals surface area contributed by atoms with Crippen molar-refractivity contribution in [3.63, 3.8) is 0 Å². The number of benzene rings is 1. The van der Waals surface area contributed by atoms with Gasteiger partial charge in [-0.25, -0.2) is 13.1 Å². The Morgan fingerprint density at radius 1 is 1.15 bits per heavy atom. The number of hydrogen-bond acceptors (Lipinski definition) is 7. The third-order valence-electron chi connectivity index (χ3n) is 4.03. The van der Waals surface area contributed by atoms with Crippen LogP contribution in [0.3, 0.4) is 0 Å². The SMILES string of the molecule is CCS(=O)(=O)NCCc1nnc2ccc(NCc3ccccc3OC)nn12. The van der Waals surface area contributed by atoms with Gasteiger partial charge in [-0.05, 0) is 25.1 Å². The molecule has 2 N–H and O–H groups in total. The highest BCUT2D eigenvalue weighted by Crippen LogP contribution is 2.18. The summed E-state index contributed by atoms with van der Waals surface area (Å²) in [4.78, 5) is 0. The quantitative estimate of drug-likeness (QED) is 0.565. The summed E-state index contributed by atoms with van der Waals surface area (Å²) in [7, 11) is -1.59. The minimum atomic E-state index is -3.23. The molecule has 0 radical (unpaired) electrons. The van der Waals surface area contributed by atoms with Gasteiger partial charge in [-0.15, -0.1) is 15.3 Å². The van der Waals surface area contributed by atoms with Crippen molar-refractivity contribution in [1.29, 1.82) is 0 Å². The van der Waals surface area contributed by atoms with Gasteiger partial charge in [0.05, 0.1) is 12.9 Å². The van der Waals surface area contributed by atoms with Crippen LogP contribution < -0.4 is 14.8 Å². The van der Waals surface area contributed by atoms with E-state index in [0.29, 0.717) is 30.3 Å². The first-order chi connectivity index (χ1) is 13.0. The van der Waals surface area contributed by atoms with Gasteiger partial charge in [-0.2, -0.15) is 4.52 Å². The number of methoxy groups -OCH3 is 1. The Morgan fingerprint density at radius 2 is 1.96 bits per heavy atom. The lowest BCUT2D eigenvalue weighted by Gasteiger charge is -2.10. The molecule has 0 aliphatic carbocycles. The van der Waals surface area contributed by atoms with Crippen molar-refractivity contribution in [2.75, 3.05) is 24.7 Å². The molecule has 0 spiro atoms. The van der Waals surface area contributed by atoms with Crippen molar-refractivity contribution >= 4 is 21.5 Å². The highest BCUT2D eigenvalue weighted by atomic mass is 32.2. The van der Waals surface area contributed by atoms with E-state index >= 15 is 0 Å². The summed E-state index contributed by atoms with van der Waals surface area (Å²) in [6, 6.07) is 11.4. The number of para-hydroxylation sites is 1. The molecule has 0 aliphatic rings. The second kappa shape index (κ2) is 8.31. The number of hydrogen-bond donors (Lipinski definition) is 2. The van der Waals surface area contributed by atoms with E-state index in [1.807, 2.05) is 36.4 Å². The third kappa shape index (κ3) is 4.72. The highest BCUT2D eigenvalue weighted by Gasteiger charge is 2.11. The van der Waals surface area contributed by atoms with E-state index in [9.17, 15) is 8.42 Å². The third-order valence-corrected chi connectivity index (χ3v) is 5.43. The lowest BCUT2D eigenvalue weighted by Crippen LogP contribution is -2.27. The van der Waals surface area contributed by atoms with E-state index in [4.69, 9.17) is 4.74 Å². The normalized spacial score (nSPS) is 11.6. The Hall–Kier alpha value is -2.72. The molecule has 0 atom stereocenters. The van der Waals surface area contributed by atoms with Crippen LogP contribution in [0.5, 0.6) is 5.75 Å². The Bertz CT molecular complexity index is 1020. The zero-order chi connectivity index (χ0) is 19.3. The topological polar surface area (TPSA) is 111 Å². The molecule has 0 saturated heterocycles. The number of nitrogens with one attached hydrogen (secondary N) is 2. The smallest absolute Gasteiger partial charge is 0.211 e. The molecule has 9 nitrogen and oxygen atoms in total. The van der Waals surface area contributed by atoms with Crippen LogP contribution in [-0.2, 0) is 23.0 Å². The molecular formula is C17H22N6O3S. The lowest BCUT2D eigenvalue weighted by molar-refractivity contribution is 0.410. The number of sulfonamides is 1. The van der Waals surface area contributed by atoms with Gasteiger partial charge in [-0.3, -0.25) is 0 Å². The monoisotopic (exact) mass is 390 g/mol. The van der Waals surface area contributed by atoms with Crippen molar-refractivity contribution in [3.05, 3.63) is 47.8 Å². The Kier molecular flexibility index (Phi) is 5.87. The molecule has 0 saturated carbocycles. The van der Waals surface area contributed by atoms with E-state index < -0.39 is 10.0 Å². The zero-order valence-corrected chi connectivity index (χ0v) is 16.0. The van der Waals surface area contributed by atoms with E-state index in [1.165, 1.54) is 0 Å². The van der Waals surface area contributed by atoms with Gasteiger partial charge in [0, 0.05) is 25.1 Å². The van der Waals surface area contributed by atoms with Crippen molar-refractivity contribution in [2.24, 2.45) is 0 Å². The van der Waals surface area contributed by atoms with Crippen LogP contribution in [0.2, 0.25) is 0 Å². The molecule has 0 amide bonds. The largest absolute Gasteiger partial charge is 0.496 e. The molecule has 0 fully saturated rings. The van der Waals surface area contributed by atoms with Crippen LogP contribution in [0.4, 0.5) is 5.82 Å². The maximum atomic E-state index is 11.5. The standard InChI is InChI=1S/C17H22N6O3S/c1-3-27(24,25)19-11-10-17-21-20-16-9-8-15(22-23(16)17)18-12-13-6-4-5-7-14(13)26-2/h4-9,19H,3,10-12H2,1-2H3,(H,18,22). The predicted molar refractivity (Wildman–Crippen MR) is 102 cm³/mol. The Morgan fingerprint density at radius 3 is 2.74 bits per heavy atom. The van der Waals surface area contributed by atoms with Gasteiger partial charge in [0.1, 0.15) is 11.6 Å². The number of ether oxygens (including phenoxy) is 1. The summed E-state index contributed by atoms with van der Waals surface area (Å²) in [5.74, 6) is 2.09. The van der Waals surface area contributed by atoms with Crippen molar-refractivity contribution in [1.82, 2.24) is 24.5 Å². The molecule has 27 heavy (non-hydrogen) atoms. The van der Waals surface area contributed by atoms with Gasteiger partial charge < -0.3 is 10.1 Å². The summed E-state index contributed by atoms with van der Waals surface area (Å²) in [5.41, 5.74) is 1.62. The maximum Gasteiger partial charge on any atom is 0.211 e. The Labute approximate surface area is 157 Å². The summed E-state index contributed by atoms with van der Waals surface area (Å²) in [5, 5.41) is 15.9. The number of rotatable bonds is 9. The highest BCUT2D eigenvalue weighted by molar-refractivity contribution is 7.89. The molecule has 2 heterocycles. The number of nitrogens with zero attached hydrogens (tertiary/aromatic N) is 4. The fourth-order valence-electron chi connectivity index (χ4n) is 2.54. The summed E-state index contributed by atoms with van der Waals surface area (Å²) in [6.07, 6.45) is 0.392. The number of fused-ring (bicyclic) bond motifs is 1. The molecule has 10 heteroatoms. The molecule has 3 aromatic rings. The second-order valence-electron chi connectivity index (χ2n) is 5.82. The summed E-state index contributed by atoms with van der Waals surface area (Å²) < 4.78 is 32.5.